The van der Waals surface area contributed by atoms with Crippen LogP contribution in [0.5, 0.6) is 0 Å². The van der Waals surface area contributed by atoms with E-state index in [0.29, 0.717) is 0 Å². The summed E-state index contributed by atoms with van der Waals surface area (Å²) in [5.74, 6) is -3.90. The van der Waals surface area contributed by atoms with Gasteiger partial charge < -0.3 is 5.32 Å². The molecule has 0 saturated heterocycles. The number of hydrogen-bond donors (Lipinski definition) is 3. The molecule has 1 aromatic heterocycles. The minimum absolute atomic E-state index is 0.0405. The predicted octanol–water partition coefficient (Wildman–Crippen LogP) is 3.19. The number of nitrogens with zero attached hydrogens (tertiary/aromatic N) is 1. The zero-order valence-corrected chi connectivity index (χ0v) is 15.9. The van der Waals surface area contributed by atoms with Crippen LogP contribution in [0.3, 0.4) is 0 Å². The highest BCUT2D eigenvalue weighted by atomic mass is 32.2. The molecule has 2 rings (SSSR count). The number of nitrogens with one attached hydrogen (secondary N) is 3. The topological polar surface area (TPSA) is 83.1 Å². The molecule has 0 aliphatic carbocycles. The number of carbonyl (C=O) groups is 2. The fourth-order valence-corrected chi connectivity index (χ4v) is 3.19. The number of pyridine rings is 1. The Labute approximate surface area is 160 Å². The Hall–Kier alpha value is -2.68. The predicted molar refractivity (Wildman–Crippen MR) is 101 cm³/mol. The van der Waals surface area contributed by atoms with Gasteiger partial charge in [-0.15, -0.1) is 0 Å². The van der Waals surface area contributed by atoms with E-state index >= 15 is 0 Å². The van der Waals surface area contributed by atoms with Crippen LogP contribution in [0.25, 0.3) is 0 Å². The summed E-state index contributed by atoms with van der Waals surface area (Å²) in [5.41, 5.74) is 8.42. The van der Waals surface area contributed by atoms with Crippen LogP contribution in [-0.2, 0) is 4.79 Å². The largest absolute Gasteiger partial charge is 0.376 e. The second-order valence-electron chi connectivity index (χ2n) is 5.86. The molecule has 0 bridgehead atoms. The van der Waals surface area contributed by atoms with Gasteiger partial charge in [-0.3, -0.25) is 20.4 Å². The van der Waals surface area contributed by atoms with E-state index in [-0.39, 0.29) is 28.9 Å². The summed E-state index contributed by atoms with van der Waals surface area (Å²) < 4.78 is 25.1. The molecular formula is C18H20F2N4O2S. The van der Waals surface area contributed by atoms with Gasteiger partial charge >= 0.3 is 0 Å². The van der Waals surface area contributed by atoms with E-state index in [0.717, 1.165) is 22.4 Å². The highest BCUT2D eigenvalue weighted by molar-refractivity contribution is 7.99. The van der Waals surface area contributed by atoms with Crippen molar-refractivity contribution in [1.82, 2.24) is 15.8 Å². The van der Waals surface area contributed by atoms with Gasteiger partial charge in [-0.1, -0.05) is 17.7 Å². The third-order valence-electron chi connectivity index (χ3n) is 3.63. The van der Waals surface area contributed by atoms with E-state index in [1.807, 2.05) is 32.9 Å². The maximum atomic E-state index is 12.5. The van der Waals surface area contributed by atoms with E-state index in [2.05, 4.69) is 21.2 Å². The van der Waals surface area contributed by atoms with Crippen LogP contribution in [0.4, 0.5) is 14.5 Å². The number of aryl methyl sites for hydroxylation is 3. The Balaban J connectivity index is 1.92. The van der Waals surface area contributed by atoms with Crippen molar-refractivity contribution in [2.24, 2.45) is 0 Å². The average molecular weight is 394 g/mol. The number of alkyl halides is 2. The van der Waals surface area contributed by atoms with Crippen LogP contribution >= 0.6 is 11.8 Å². The molecule has 144 valence electrons. The normalized spacial score (nSPS) is 10.6. The monoisotopic (exact) mass is 394 g/mol. The number of amides is 2. The first-order valence-corrected chi connectivity index (χ1v) is 8.96. The summed E-state index contributed by atoms with van der Waals surface area (Å²) in [7, 11) is 0. The van der Waals surface area contributed by atoms with Crippen LogP contribution < -0.4 is 16.2 Å². The van der Waals surface area contributed by atoms with Crippen molar-refractivity contribution in [3.8, 4) is 0 Å². The number of anilines is 1. The van der Waals surface area contributed by atoms with Gasteiger partial charge in [0.25, 0.3) is 17.6 Å². The van der Waals surface area contributed by atoms with Crippen LogP contribution in [0.15, 0.2) is 35.5 Å². The number of hydrazine groups is 1. The third kappa shape index (κ3) is 5.92. The van der Waals surface area contributed by atoms with Crippen molar-refractivity contribution in [3.63, 3.8) is 0 Å². The lowest BCUT2D eigenvalue weighted by molar-refractivity contribution is -0.120. The maximum Gasteiger partial charge on any atom is 0.290 e. The molecule has 0 aliphatic rings. The quantitative estimate of drug-likeness (QED) is 0.518. The number of carbonyl (C=O) groups excluding carboxylic acids is 2. The van der Waals surface area contributed by atoms with Crippen LogP contribution in [0.1, 0.15) is 27.0 Å². The number of hydrogen-bond acceptors (Lipinski definition) is 5. The first-order chi connectivity index (χ1) is 12.8. The molecule has 0 fully saturated rings. The molecule has 3 N–H and O–H groups in total. The number of rotatable bonds is 6. The van der Waals surface area contributed by atoms with Gasteiger partial charge in [-0.25, -0.2) is 4.98 Å². The lowest BCUT2D eigenvalue weighted by atomic mass is 10.1. The molecule has 0 aliphatic heterocycles. The van der Waals surface area contributed by atoms with Gasteiger partial charge in [0.1, 0.15) is 5.03 Å². The van der Waals surface area contributed by atoms with Crippen molar-refractivity contribution in [2.75, 3.05) is 11.9 Å². The number of thioether (sulfide) groups is 1. The van der Waals surface area contributed by atoms with Gasteiger partial charge in [0, 0.05) is 11.9 Å². The van der Waals surface area contributed by atoms with Crippen molar-refractivity contribution >= 4 is 29.3 Å². The van der Waals surface area contributed by atoms with Gasteiger partial charge in [0.05, 0.1) is 12.1 Å². The molecule has 0 radical (unpaired) electrons. The summed E-state index contributed by atoms with van der Waals surface area (Å²) in [6.45, 7) is 5.81. The molecule has 1 aromatic carbocycles. The summed E-state index contributed by atoms with van der Waals surface area (Å²) in [4.78, 5) is 27.9. The Morgan fingerprint density at radius 2 is 1.81 bits per heavy atom. The molecule has 6 nitrogen and oxygen atoms in total. The first-order valence-electron chi connectivity index (χ1n) is 8.08. The highest BCUT2D eigenvalue weighted by Crippen LogP contribution is 2.26. The highest BCUT2D eigenvalue weighted by Gasteiger charge is 2.17. The molecule has 0 atom stereocenters. The second-order valence-corrected chi connectivity index (χ2v) is 6.84. The SMILES string of the molecule is Cc1cc(C)c(NCC(=O)NNC(=O)c2cccnc2SC(F)F)c(C)c1. The summed E-state index contributed by atoms with van der Waals surface area (Å²) in [5, 5.41) is 2.92. The smallest absolute Gasteiger partial charge is 0.290 e. The third-order valence-corrected chi connectivity index (χ3v) is 4.36. The van der Waals surface area contributed by atoms with Crippen LogP contribution in [0, 0.1) is 20.8 Å². The number of halogens is 2. The molecule has 0 saturated carbocycles. The van der Waals surface area contributed by atoms with E-state index in [4.69, 9.17) is 0 Å². The maximum absolute atomic E-state index is 12.5. The van der Waals surface area contributed by atoms with Gasteiger partial charge in [-0.05, 0) is 55.8 Å². The molecule has 0 unspecified atom stereocenters. The number of benzene rings is 1. The Morgan fingerprint density at radius 3 is 2.44 bits per heavy atom. The lowest BCUT2D eigenvalue weighted by Crippen LogP contribution is -2.44. The van der Waals surface area contributed by atoms with Crippen molar-refractivity contribution < 1.29 is 18.4 Å². The Morgan fingerprint density at radius 1 is 1.15 bits per heavy atom. The molecule has 9 heteroatoms. The molecule has 2 amide bonds. The molecular weight excluding hydrogens is 374 g/mol. The molecule has 27 heavy (non-hydrogen) atoms. The minimum Gasteiger partial charge on any atom is -0.376 e. The molecule has 0 spiro atoms. The minimum atomic E-state index is -2.70. The van der Waals surface area contributed by atoms with Crippen LogP contribution in [-0.4, -0.2) is 29.1 Å². The lowest BCUT2D eigenvalue weighted by Gasteiger charge is -2.14. The van der Waals surface area contributed by atoms with E-state index in [1.54, 1.807) is 0 Å². The summed E-state index contributed by atoms with van der Waals surface area (Å²) in [6, 6.07) is 6.81. The molecule has 1 heterocycles. The van der Waals surface area contributed by atoms with E-state index in [9.17, 15) is 18.4 Å². The fraction of sp³-hybridized carbons (Fsp3) is 0.278. The number of aromatic nitrogens is 1. The Bertz CT molecular complexity index is 823. The van der Waals surface area contributed by atoms with Gasteiger partial charge in [-0.2, -0.15) is 8.78 Å². The Kier molecular flexibility index (Phi) is 7.12. The summed E-state index contributed by atoms with van der Waals surface area (Å²) in [6.07, 6.45) is 1.32. The first kappa shape index (κ1) is 20.6. The summed E-state index contributed by atoms with van der Waals surface area (Å²) >= 11 is 0.169. The average Bonchev–Trinajstić information content (AvgIpc) is 2.58. The zero-order chi connectivity index (χ0) is 20.0. The van der Waals surface area contributed by atoms with Crippen LogP contribution in [0.2, 0.25) is 0 Å². The second kappa shape index (κ2) is 9.31. The van der Waals surface area contributed by atoms with Gasteiger partial charge in [0.2, 0.25) is 0 Å². The zero-order valence-electron chi connectivity index (χ0n) is 15.1. The van der Waals surface area contributed by atoms with Gasteiger partial charge in [0.15, 0.2) is 0 Å². The van der Waals surface area contributed by atoms with Crippen molar-refractivity contribution in [2.45, 2.75) is 31.6 Å². The van der Waals surface area contributed by atoms with E-state index < -0.39 is 17.6 Å². The fourth-order valence-electron chi connectivity index (χ4n) is 2.61. The van der Waals surface area contributed by atoms with Crippen molar-refractivity contribution in [3.05, 3.63) is 52.7 Å². The van der Waals surface area contributed by atoms with Crippen molar-refractivity contribution in [1.29, 1.82) is 0 Å². The standard InChI is InChI=1S/C18H20F2N4O2S/c1-10-7-11(2)15(12(3)8-10)22-9-14(25)23-24-16(26)13-5-4-6-21-17(13)27-18(19)20/h4-8,18,22H,9H2,1-3H3,(H,23,25)(H,24,26). The molecule has 2 aromatic rings. The van der Waals surface area contributed by atoms with E-state index in [1.165, 1.54) is 18.3 Å².